The summed E-state index contributed by atoms with van der Waals surface area (Å²) in [6.45, 7) is 2.60. The van der Waals surface area contributed by atoms with E-state index >= 15 is 0 Å². The number of hydrogen-bond acceptors (Lipinski definition) is 7. The molecule has 0 radical (unpaired) electrons. The Morgan fingerprint density at radius 3 is 2.66 bits per heavy atom. The fourth-order valence-electron chi connectivity index (χ4n) is 2.52. The molecule has 1 heterocycles. The molecule has 0 aliphatic heterocycles. The zero-order valence-electron chi connectivity index (χ0n) is 15.5. The fourth-order valence-corrected chi connectivity index (χ4v) is 3.43. The van der Waals surface area contributed by atoms with E-state index < -0.39 is 10.8 Å². The quantitative estimate of drug-likeness (QED) is 0.430. The number of anilines is 1. The number of rotatable bonds is 8. The predicted molar refractivity (Wildman–Crippen MR) is 109 cm³/mol. The summed E-state index contributed by atoms with van der Waals surface area (Å²) in [6, 6.07) is 10.8. The minimum Gasteiger partial charge on any atom is -0.494 e. The molecule has 9 nitrogen and oxygen atoms in total. The minimum absolute atomic E-state index is 0.0683. The highest BCUT2D eigenvalue weighted by Crippen LogP contribution is 2.29. The molecule has 3 rings (SSSR count). The Balaban J connectivity index is 1.50. The molecule has 0 saturated heterocycles. The van der Waals surface area contributed by atoms with E-state index in [0.717, 1.165) is 16.0 Å². The number of nitro groups is 1. The van der Waals surface area contributed by atoms with Crippen molar-refractivity contribution in [3.05, 3.63) is 58.1 Å². The van der Waals surface area contributed by atoms with Crippen LogP contribution in [-0.2, 0) is 4.79 Å². The van der Waals surface area contributed by atoms with E-state index in [9.17, 15) is 19.7 Å². The summed E-state index contributed by atoms with van der Waals surface area (Å²) in [5.41, 5.74) is 0.956. The second-order valence-electron chi connectivity index (χ2n) is 5.94. The van der Waals surface area contributed by atoms with E-state index in [1.54, 1.807) is 0 Å². The molecule has 0 aliphatic carbocycles. The summed E-state index contributed by atoms with van der Waals surface area (Å²) in [5.74, 6) is 0.0599. The summed E-state index contributed by atoms with van der Waals surface area (Å²) in [7, 11) is 0. The van der Waals surface area contributed by atoms with Crippen molar-refractivity contribution in [3.63, 3.8) is 0 Å². The van der Waals surface area contributed by atoms with Crippen LogP contribution in [0.2, 0.25) is 0 Å². The third-order valence-corrected chi connectivity index (χ3v) is 4.83. The maximum atomic E-state index is 12.1. The normalized spacial score (nSPS) is 10.5. The number of nitro benzene ring substituents is 1. The van der Waals surface area contributed by atoms with Gasteiger partial charge in [-0.25, -0.2) is 4.98 Å². The molecule has 2 N–H and O–H groups in total. The van der Waals surface area contributed by atoms with Crippen LogP contribution < -0.4 is 15.4 Å². The molecule has 2 amide bonds. The first kappa shape index (κ1) is 20.2. The number of nitrogens with one attached hydrogen (secondary N) is 2. The van der Waals surface area contributed by atoms with Crippen LogP contribution in [0.5, 0.6) is 5.75 Å². The number of amides is 2. The van der Waals surface area contributed by atoms with Crippen molar-refractivity contribution in [1.29, 1.82) is 0 Å². The van der Waals surface area contributed by atoms with Crippen LogP contribution in [0.4, 0.5) is 10.8 Å². The van der Waals surface area contributed by atoms with E-state index in [2.05, 4.69) is 15.6 Å². The van der Waals surface area contributed by atoms with Gasteiger partial charge in [0.15, 0.2) is 5.13 Å². The number of thiazole rings is 1. The number of carbonyl (C=O) groups is 2. The molecular weight excluding hydrogens is 396 g/mol. The van der Waals surface area contributed by atoms with Gasteiger partial charge in [0, 0.05) is 30.7 Å². The van der Waals surface area contributed by atoms with Crippen molar-refractivity contribution in [3.8, 4) is 5.75 Å². The van der Waals surface area contributed by atoms with Crippen LogP contribution >= 0.6 is 11.3 Å². The van der Waals surface area contributed by atoms with Gasteiger partial charge in [0.25, 0.3) is 11.6 Å². The van der Waals surface area contributed by atoms with Gasteiger partial charge in [0.2, 0.25) is 5.91 Å². The van der Waals surface area contributed by atoms with Crippen LogP contribution in [0.3, 0.4) is 0 Å². The maximum absolute atomic E-state index is 12.1. The number of carbonyl (C=O) groups excluding carboxylic acids is 2. The number of hydrogen-bond donors (Lipinski definition) is 2. The number of fused-ring (bicyclic) bond motifs is 1. The number of ether oxygens (including phenoxy) is 1. The first-order valence-corrected chi connectivity index (χ1v) is 9.64. The SMILES string of the molecule is CCOc1ccc2nc(NC(=O)CCNC(=O)c3ccc([N+](=O)[O-])cc3)sc2c1. The second-order valence-corrected chi connectivity index (χ2v) is 6.97. The minimum atomic E-state index is -0.536. The van der Waals surface area contributed by atoms with Crippen LogP contribution in [0.25, 0.3) is 10.2 Å². The first-order valence-electron chi connectivity index (χ1n) is 8.82. The van der Waals surface area contributed by atoms with E-state index in [1.807, 2.05) is 25.1 Å². The zero-order chi connectivity index (χ0) is 20.8. The predicted octanol–water partition coefficient (Wildman–Crippen LogP) is 3.36. The summed E-state index contributed by atoms with van der Waals surface area (Å²) < 4.78 is 6.35. The lowest BCUT2D eigenvalue weighted by Crippen LogP contribution is -2.27. The highest BCUT2D eigenvalue weighted by molar-refractivity contribution is 7.22. The Hall–Kier alpha value is -3.53. The molecule has 0 bridgehead atoms. The molecule has 10 heteroatoms. The van der Waals surface area contributed by atoms with Crippen LogP contribution in [0.1, 0.15) is 23.7 Å². The Labute approximate surface area is 169 Å². The van der Waals surface area contributed by atoms with E-state index in [4.69, 9.17) is 4.74 Å². The molecule has 1 aromatic heterocycles. The summed E-state index contributed by atoms with van der Waals surface area (Å²) in [6.07, 6.45) is 0.0683. The third-order valence-electron chi connectivity index (χ3n) is 3.90. The molecule has 2 aromatic carbocycles. The average Bonchev–Trinajstić information content (AvgIpc) is 3.09. The summed E-state index contributed by atoms with van der Waals surface area (Å²) in [4.78, 5) is 38.6. The zero-order valence-corrected chi connectivity index (χ0v) is 16.3. The molecule has 0 fully saturated rings. The van der Waals surface area contributed by atoms with Crippen molar-refractivity contribution in [2.45, 2.75) is 13.3 Å². The van der Waals surface area contributed by atoms with Gasteiger partial charge in [-0.3, -0.25) is 19.7 Å². The van der Waals surface area contributed by atoms with Gasteiger partial charge in [-0.05, 0) is 37.3 Å². The van der Waals surface area contributed by atoms with Gasteiger partial charge < -0.3 is 15.4 Å². The Morgan fingerprint density at radius 1 is 1.21 bits per heavy atom. The van der Waals surface area contributed by atoms with Crippen molar-refractivity contribution >= 4 is 44.2 Å². The van der Waals surface area contributed by atoms with Crippen LogP contribution in [-0.4, -0.2) is 34.9 Å². The highest BCUT2D eigenvalue weighted by atomic mass is 32.1. The van der Waals surface area contributed by atoms with E-state index in [0.29, 0.717) is 11.7 Å². The van der Waals surface area contributed by atoms with Gasteiger partial charge in [-0.2, -0.15) is 0 Å². The molecular formula is C19H18N4O5S. The Kier molecular flexibility index (Phi) is 6.35. The van der Waals surface area contributed by atoms with Gasteiger partial charge in [0.05, 0.1) is 21.7 Å². The standard InChI is InChI=1S/C19H18N4O5S/c1-2-28-14-7-8-15-16(11-14)29-19(21-15)22-17(24)9-10-20-18(25)12-3-5-13(6-4-12)23(26)27/h3-8,11H,2,9-10H2,1H3,(H,20,25)(H,21,22,24). The smallest absolute Gasteiger partial charge is 0.269 e. The molecule has 3 aromatic rings. The number of nitrogens with zero attached hydrogens (tertiary/aromatic N) is 2. The van der Waals surface area contributed by atoms with Gasteiger partial charge in [0.1, 0.15) is 5.75 Å². The molecule has 0 unspecified atom stereocenters. The van der Waals surface area contributed by atoms with Gasteiger partial charge in [-0.1, -0.05) is 11.3 Å². The number of aromatic nitrogens is 1. The number of non-ortho nitro benzene ring substituents is 1. The van der Waals surface area contributed by atoms with Crippen molar-refractivity contribution < 1.29 is 19.2 Å². The largest absolute Gasteiger partial charge is 0.494 e. The van der Waals surface area contributed by atoms with Gasteiger partial charge >= 0.3 is 0 Å². The van der Waals surface area contributed by atoms with E-state index in [1.165, 1.54) is 35.6 Å². The summed E-state index contributed by atoms with van der Waals surface area (Å²) >= 11 is 1.34. The van der Waals surface area contributed by atoms with Crippen LogP contribution in [0.15, 0.2) is 42.5 Å². The lowest BCUT2D eigenvalue weighted by molar-refractivity contribution is -0.384. The molecule has 150 valence electrons. The fraction of sp³-hybridized carbons (Fsp3) is 0.211. The second kappa shape index (κ2) is 9.11. The number of benzene rings is 2. The van der Waals surface area contributed by atoms with Crippen molar-refractivity contribution in [2.75, 3.05) is 18.5 Å². The molecule has 0 aliphatic rings. The molecule has 0 spiro atoms. The third kappa shape index (κ3) is 5.26. The monoisotopic (exact) mass is 414 g/mol. The first-order chi connectivity index (χ1) is 14.0. The molecule has 0 atom stereocenters. The Bertz CT molecular complexity index is 1050. The summed E-state index contributed by atoms with van der Waals surface area (Å²) in [5, 5.41) is 16.4. The van der Waals surface area contributed by atoms with E-state index in [-0.39, 0.29) is 30.1 Å². The van der Waals surface area contributed by atoms with Crippen molar-refractivity contribution in [2.24, 2.45) is 0 Å². The Morgan fingerprint density at radius 2 is 1.97 bits per heavy atom. The maximum Gasteiger partial charge on any atom is 0.269 e. The average molecular weight is 414 g/mol. The molecule has 0 saturated carbocycles. The topological polar surface area (TPSA) is 123 Å². The highest BCUT2D eigenvalue weighted by Gasteiger charge is 2.11. The van der Waals surface area contributed by atoms with Crippen LogP contribution in [0, 0.1) is 10.1 Å². The van der Waals surface area contributed by atoms with Gasteiger partial charge in [-0.15, -0.1) is 0 Å². The van der Waals surface area contributed by atoms with Crippen molar-refractivity contribution in [1.82, 2.24) is 10.3 Å². The lowest BCUT2D eigenvalue weighted by Gasteiger charge is -2.05. The molecule has 29 heavy (non-hydrogen) atoms. The lowest BCUT2D eigenvalue weighted by atomic mass is 10.2.